The maximum absolute atomic E-state index is 13.7. The van der Waals surface area contributed by atoms with Gasteiger partial charge < -0.3 is 14.4 Å². The Balaban J connectivity index is 1.78. The Morgan fingerprint density at radius 1 is 1.08 bits per heavy atom. The van der Waals surface area contributed by atoms with E-state index in [1.165, 1.54) is 0 Å². The Hall–Kier alpha value is -3.05. The first kappa shape index (κ1) is 27.0. The molecule has 0 amide bonds. The Labute approximate surface area is 219 Å². The van der Waals surface area contributed by atoms with Gasteiger partial charge in [0.2, 0.25) is 0 Å². The third kappa shape index (κ3) is 5.62. The number of likely N-dealkylation sites (tertiary alicyclic amines) is 1. The van der Waals surface area contributed by atoms with Gasteiger partial charge in [0.15, 0.2) is 15.7 Å². The van der Waals surface area contributed by atoms with Crippen LogP contribution >= 0.6 is 0 Å². The molecule has 0 unspecified atom stereocenters. The zero-order chi connectivity index (χ0) is 26.7. The number of para-hydroxylation sites is 1. The third-order valence-corrected chi connectivity index (χ3v) is 9.38. The predicted molar refractivity (Wildman–Crippen MR) is 141 cm³/mol. The SMILES string of the molecule is COc1cccc(OC)c1-n1c(CS(=O)(=O)[C@@H](C)[C@H](C)c2ncc(C)cn2)nnc1[C@@H]1CCCN(C)C1. The number of hydrogen-bond acceptors (Lipinski definition) is 9. The Morgan fingerprint density at radius 3 is 2.32 bits per heavy atom. The zero-order valence-electron chi connectivity index (χ0n) is 22.4. The highest BCUT2D eigenvalue weighted by molar-refractivity contribution is 7.91. The molecule has 10 nitrogen and oxygen atoms in total. The molecule has 0 N–H and O–H groups in total. The van der Waals surface area contributed by atoms with Crippen molar-refractivity contribution < 1.29 is 17.9 Å². The number of aromatic nitrogens is 5. The summed E-state index contributed by atoms with van der Waals surface area (Å²) in [4.78, 5) is 11.0. The van der Waals surface area contributed by atoms with Gasteiger partial charge in [0, 0.05) is 30.8 Å². The minimum absolute atomic E-state index is 0.0922. The van der Waals surface area contributed by atoms with Crippen LogP contribution in [-0.4, -0.2) is 77.7 Å². The van der Waals surface area contributed by atoms with E-state index in [9.17, 15) is 8.42 Å². The van der Waals surface area contributed by atoms with E-state index in [2.05, 4.69) is 32.1 Å². The lowest BCUT2D eigenvalue weighted by atomic mass is 9.97. The summed E-state index contributed by atoms with van der Waals surface area (Å²) in [6, 6.07) is 5.49. The van der Waals surface area contributed by atoms with Gasteiger partial charge in [-0.05, 0) is 58.0 Å². The largest absolute Gasteiger partial charge is 0.494 e. The zero-order valence-corrected chi connectivity index (χ0v) is 23.2. The van der Waals surface area contributed by atoms with Crippen LogP contribution in [-0.2, 0) is 15.6 Å². The molecule has 0 bridgehead atoms. The average Bonchev–Trinajstić information content (AvgIpc) is 3.29. The van der Waals surface area contributed by atoms with Crippen LogP contribution in [0.5, 0.6) is 11.5 Å². The van der Waals surface area contributed by atoms with E-state index in [0.29, 0.717) is 34.7 Å². The fraction of sp³-hybridized carbons (Fsp3) is 0.538. The summed E-state index contributed by atoms with van der Waals surface area (Å²) in [7, 11) is 1.58. The number of ether oxygens (including phenoxy) is 2. The van der Waals surface area contributed by atoms with Gasteiger partial charge in [-0.3, -0.25) is 4.57 Å². The minimum atomic E-state index is -3.66. The summed E-state index contributed by atoms with van der Waals surface area (Å²) in [5.74, 6) is 2.05. The van der Waals surface area contributed by atoms with Gasteiger partial charge >= 0.3 is 0 Å². The molecule has 1 aromatic carbocycles. The summed E-state index contributed by atoms with van der Waals surface area (Å²) in [5.41, 5.74) is 1.53. The fourth-order valence-electron chi connectivity index (χ4n) is 4.83. The van der Waals surface area contributed by atoms with Crippen molar-refractivity contribution in [2.75, 3.05) is 34.4 Å². The monoisotopic (exact) mass is 528 g/mol. The number of benzene rings is 1. The van der Waals surface area contributed by atoms with Gasteiger partial charge in [0.05, 0.1) is 19.5 Å². The highest BCUT2D eigenvalue weighted by atomic mass is 32.2. The lowest BCUT2D eigenvalue weighted by Gasteiger charge is -2.29. The Morgan fingerprint density at radius 2 is 1.73 bits per heavy atom. The maximum atomic E-state index is 13.7. The number of methoxy groups -OCH3 is 2. The summed E-state index contributed by atoms with van der Waals surface area (Å²) in [5, 5.41) is 8.24. The van der Waals surface area contributed by atoms with Crippen molar-refractivity contribution in [2.45, 2.75) is 56.5 Å². The quantitative estimate of drug-likeness (QED) is 0.413. The molecule has 3 heterocycles. The van der Waals surface area contributed by atoms with Crippen LogP contribution in [0.1, 0.15) is 61.6 Å². The standard InChI is InChI=1S/C26H36N6O4S/c1-17-13-27-25(28-14-17)18(2)19(3)37(33,34)16-23-29-30-26(20-9-8-12-31(4)15-20)32(23)24-21(35-5)10-7-11-22(24)36-6/h7,10-11,13-14,18-20H,8-9,12,15-16H2,1-6H3/t18-,19-,20+/m0/s1. The van der Waals surface area contributed by atoms with E-state index in [0.717, 1.165) is 31.5 Å². The van der Waals surface area contributed by atoms with Crippen LogP contribution in [0, 0.1) is 6.92 Å². The summed E-state index contributed by atoms with van der Waals surface area (Å²) in [6.45, 7) is 7.25. The Kier molecular flexibility index (Phi) is 8.13. The van der Waals surface area contributed by atoms with E-state index >= 15 is 0 Å². The predicted octanol–water partition coefficient (Wildman–Crippen LogP) is 3.30. The number of nitrogens with zero attached hydrogens (tertiary/aromatic N) is 6. The van der Waals surface area contributed by atoms with E-state index in [-0.39, 0.29) is 11.7 Å². The molecule has 3 aromatic rings. The van der Waals surface area contributed by atoms with Crippen LogP contribution in [0.2, 0.25) is 0 Å². The molecule has 11 heteroatoms. The number of aryl methyl sites for hydroxylation is 1. The second kappa shape index (κ2) is 11.1. The third-order valence-electron chi connectivity index (χ3n) is 7.18. The van der Waals surface area contributed by atoms with E-state index in [1.54, 1.807) is 33.5 Å². The van der Waals surface area contributed by atoms with Crippen molar-refractivity contribution in [1.29, 1.82) is 0 Å². The molecule has 1 saturated heterocycles. The van der Waals surface area contributed by atoms with Crippen LogP contribution in [0.25, 0.3) is 5.69 Å². The first-order chi connectivity index (χ1) is 17.7. The van der Waals surface area contributed by atoms with Crippen molar-refractivity contribution in [1.82, 2.24) is 29.6 Å². The highest BCUT2D eigenvalue weighted by Crippen LogP contribution is 2.37. The summed E-state index contributed by atoms with van der Waals surface area (Å²) < 4.78 is 40.6. The fourth-order valence-corrected chi connectivity index (χ4v) is 6.38. The van der Waals surface area contributed by atoms with Crippen LogP contribution < -0.4 is 9.47 Å². The number of hydrogen-bond donors (Lipinski definition) is 0. The Bertz CT molecular complexity index is 1300. The van der Waals surface area contributed by atoms with Gasteiger partial charge in [-0.25, -0.2) is 18.4 Å². The van der Waals surface area contributed by atoms with Crippen LogP contribution in [0.4, 0.5) is 0 Å². The first-order valence-electron chi connectivity index (χ1n) is 12.5. The molecule has 1 aliphatic rings. The molecule has 200 valence electrons. The number of piperidine rings is 1. The number of likely N-dealkylation sites (N-methyl/N-ethyl adjacent to an activating group) is 1. The van der Waals surface area contributed by atoms with Gasteiger partial charge in [0.25, 0.3) is 0 Å². The molecule has 1 aliphatic heterocycles. The number of rotatable bonds is 9. The lowest BCUT2D eigenvalue weighted by molar-refractivity contribution is 0.244. The van der Waals surface area contributed by atoms with E-state index < -0.39 is 21.0 Å². The molecular formula is C26H36N6O4S. The molecule has 4 rings (SSSR count). The average molecular weight is 529 g/mol. The van der Waals surface area contributed by atoms with Crippen molar-refractivity contribution in [2.24, 2.45) is 0 Å². The smallest absolute Gasteiger partial charge is 0.160 e. The molecule has 0 spiro atoms. The van der Waals surface area contributed by atoms with Crippen molar-refractivity contribution in [3.63, 3.8) is 0 Å². The van der Waals surface area contributed by atoms with Gasteiger partial charge in [-0.2, -0.15) is 0 Å². The summed E-state index contributed by atoms with van der Waals surface area (Å²) in [6.07, 6.45) is 5.37. The summed E-state index contributed by atoms with van der Waals surface area (Å²) >= 11 is 0. The molecule has 0 saturated carbocycles. The van der Waals surface area contributed by atoms with Crippen molar-refractivity contribution in [3.05, 3.63) is 53.6 Å². The lowest BCUT2D eigenvalue weighted by Crippen LogP contribution is -2.32. The minimum Gasteiger partial charge on any atom is -0.494 e. The van der Waals surface area contributed by atoms with Crippen molar-refractivity contribution in [3.8, 4) is 17.2 Å². The molecule has 0 aliphatic carbocycles. The van der Waals surface area contributed by atoms with E-state index in [1.807, 2.05) is 36.6 Å². The molecule has 0 radical (unpaired) electrons. The normalized spacial score (nSPS) is 18.4. The van der Waals surface area contributed by atoms with Gasteiger partial charge in [-0.1, -0.05) is 13.0 Å². The van der Waals surface area contributed by atoms with E-state index in [4.69, 9.17) is 9.47 Å². The number of sulfone groups is 1. The van der Waals surface area contributed by atoms with Gasteiger partial charge in [0.1, 0.15) is 34.6 Å². The molecular weight excluding hydrogens is 492 g/mol. The highest BCUT2D eigenvalue weighted by Gasteiger charge is 2.34. The topological polar surface area (TPSA) is 112 Å². The second-order valence-corrected chi connectivity index (χ2v) is 12.2. The molecule has 37 heavy (non-hydrogen) atoms. The second-order valence-electron chi connectivity index (χ2n) is 9.84. The molecule has 3 atom stereocenters. The van der Waals surface area contributed by atoms with Crippen LogP contribution in [0.3, 0.4) is 0 Å². The molecule has 1 fully saturated rings. The maximum Gasteiger partial charge on any atom is 0.160 e. The van der Waals surface area contributed by atoms with Crippen LogP contribution in [0.15, 0.2) is 30.6 Å². The first-order valence-corrected chi connectivity index (χ1v) is 14.2. The van der Waals surface area contributed by atoms with Crippen molar-refractivity contribution >= 4 is 9.84 Å². The molecule has 2 aromatic heterocycles. The van der Waals surface area contributed by atoms with Gasteiger partial charge in [-0.15, -0.1) is 10.2 Å².